The van der Waals surface area contributed by atoms with Crippen molar-refractivity contribution in [1.82, 2.24) is 0 Å². The molecule has 0 saturated carbocycles. The van der Waals surface area contributed by atoms with E-state index in [4.69, 9.17) is 5.73 Å². The van der Waals surface area contributed by atoms with Crippen molar-refractivity contribution < 1.29 is 4.79 Å². The first-order valence-electron chi connectivity index (χ1n) is 4.42. The third-order valence-electron chi connectivity index (χ3n) is 2.09. The van der Waals surface area contributed by atoms with E-state index in [0.717, 1.165) is 11.1 Å². The lowest BCUT2D eigenvalue weighted by molar-refractivity contribution is 0.0999. The first-order valence-corrected chi connectivity index (χ1v) is 4.42. The second kappa shape index (κ2) is 3.60. The van der Waals surface area contributed by atoms with Crippen LogP contribution in [0.3, 0.4) is 0 Å². The van der Waals surface area contributed by atoms with Crippen LogP contribution in [0, 0.1) is 6.92 Å². The molecular formula is C11H15NO. The van der Waals surface area contributed by atoms with E-state index < -0.39 is 0 Å². The zero-order chi connectivity index (χ0) is 10.0. The maximum Gasteiger partial charge on any atom is 0.248 e. The largest absolute Gasteiger partial charge is 0.366 e. The Balaban J connectivity index is 3.26. The van der Waals surface area contributed by atoms with Gasteiger partial charge in [0.25, 0.3) is 0 Å². The monoisotopic (exact) mass is 177 g/mol. The van der Waals surface area contributed by atoms with Gasteiger partial charge >= 0.3 is 0 Å². The summed E-state index contributed by atoms with van der Waals surface area (Å²) in [5, 5.41) is 0. The Bertz CT molecular complexity index is 329. The zero-order valence-electron chi connectivity index (χ0n) is 8.29. The topological polar surface area (TPSA) is 43.1 Å². The molecule has 0 aliphatic carbocycles. The summed E-state index contributed by atoms with van der Waals surface area (Å²) in [7, 11) is 0. The summed E-state index contributed by atoms with van der Waals surface area (Å²) in [4.78, 5) is 11.1. The Labute approximate surface area is 78.8 Å². The van der Waals surface area contributed by atoms with Gasteiger partial charge in [-0.3, -0.25) is 4.79 Å². The van der Waals surface area contributed by atoms with Gasteiger partial charge in [-0.15, -0.1) is 0 Å². The molecule has 2 N–H and O–H groups in total. The van der Waals surface area contributed by atoms with Crippen LogP contribution in [0.5, 0.6) is 0 Å². The third kappa shape index (κ3) is 2.08. The van der Waals surface area contributed by atoms with E-state index in [1.165, 1.54) is 0 Å². The molecule has 13 heavy (non-hydrogen) atoms. The van der Waals surface area contributed by atoms with Crippen molar-refractivity contribution in [3.63, 3.8) is 0 Å². The Morgan fingerprint density at radius 3 is 2.46 bits per heavy atom. The summed E-state index contributed by atoms with van der Waals surface area (Å²) in [5.74, 6) is -0.00824. The fourth-order valence-corrected chi connectivity index (χ4v) is 1.38. The molecule has 0 bridgehead atoms. The molecule has 0 aromatic heterocycles. The van der Waals surface area contributed by atoms with Gasteiger partial charge in [0.15, 0.2) is 0 Å². The first kappa shape index (κ1) is 9.78. The highest BCUT2D eigenvalue weighted by Crippen LogP contribution is 2.20. The highest BCUT2D eigenvalue weighted by Gasteiger charge is 2.10. The molecule has 0 saturated heterocycles. The molecule has 2 nitrogen and oxygen atoms in total. The summed E-state index contributed by atoms with van der Waals surface area (Å²) in [6.07, 6.45) is 0. The highest BCUT2D eigenvalue weighted by atomic mass is 16.1. The van der Waals surface area contributed by atoms with Crippen molar-refractivity contribution in [2.45, 2.75) is 26.7 Å². The van der Waals surface area contributed by atoms with Crippen LogP contribution in [0.25, 0.3) is 0 Å². The third-order valence-corrected chi connectivity index (χ3v) is 2.09. The minimum Gasteiger partial charge on any atom is -0.366 e. The van der Waals surface area contributed by atoms with E-state index in [2.05, 4.69) is 13.8 Å². The number of nitrogens with two attached hydrogens (primary N) is 1. The van der Waals surface area contributed by atoms with Gasteiger partial charge in [0.1, 0.15) is 0 Å². The van der Waals surface area contributed by atoms with Crippen LogP contribution in [0.4, 0.5) is 0 Å². The van der Waals surface area contributed by atoms with Crippen molar-refractivity contribution in [3.05, 3.63) is 34.9 Å². The van der Waals surface area contributed by atoms with Gasteiger partial charge in [0.05, 0.1) is 0 Å². The van der Waals surface area contributed by atoms with Crippen molar-refractivity contribution in [2.75, 3.05) is 0 Å². The minimum atomic E-state index is -0.344. The lowest BCUT2D eigenvalue weighted by Crippen LogP contribution is -2.14. The lowest BCUT2D eigenvalue weighted by Gasteiger charge is -2.10. The van der Waals surface area contributed by atoms with E-state index in [9.17, 15) is 4.79 Å². The molecule has 0 aliphatic heterocycles. The fraction of sp³-hybridized carbons (Fsp3) is 0.364. The Kier molecular flexibility index (Phi) is 2.71. The van der Waals surface area contributed by atoms with Crippen molar-refractivity contribution in [3.8, 4) is 0 Å². The van der Waals surface area contributed by atoms with Crippen LogP contribution in [-0.2, 0) is 0 Å². The molecule has 0 radical (unpaired) electrons. The van der Waals surface area contributed by atoms with Crippen LogP contribution < -0.4 is 5.73 Å². The fourth-order valence-electron chi connectivity index (χ4n) is 1.38. The van der Waals surface area contributed by atoms with Crippen molar-refractivity contribution >= 4 is 5.91 Å². The van der Waals surface area contributed by atoms with Crippen molar-refractivity contribution in [1.29, 1.82) is 0 Å². The van der Waals surface area contributed by atoms with Crippen LogP contribution in [0.2, 0.25) is 0 Å². The molecule has 0 fully saturated rings. The summed E-state index contributed by atoms with van der Waals surface area (Å²) in [6, 6.07) is 5.73. The Hall–Kier alpha value is -1.31. The number of carbonyl (C=O) groups excluding carboxylic acids is 1. The number of hydrogen-bond acceptors (Lipinski definition) is 1. The predicted octanol–water partition coefficient (Wildman–Crippen LogP) is 2.22. The van der Waals surface area contributed by atoms with Gasteiger partial charge in [-0.25, -0.2) is 0 Å². The van der Waals surface area contributed by atoms with Gasteiger partial charge in [-0.1, -0.05) is 31.5 Å². The smallest absolute Gasteiger partial charge is 0.248 e. The summed E-state index contributed by atoms with van der Waals surface area (Å²) in [5.41, 5.74) is 8.10. The van der Waals surface area contributed by atoms with E-state index in [1.807, 2.05) is 19.1 Å². The van der Waals surface area contributed by atoms with Gasteiger partial charge in [-0.2, -0.15) is 0 Å². The molecule has 0 heterocycles. The predicted molar refractivity (Wildman–Crippen MR) is 53.8 cm³/mol. The number of amides is 1. The van der Waals surface area contributed by atoms with Gasteiger partial charge < -0.3 is 5.73 Å². The second-order valence-electron chi connectivity index (χ2n) is 3.61. The molecule has 1 amide bonds. The number of aryl methyl sites for hydroxylation is 1. The molecule has 2 heteroatoms. The standard InChI is InChI=1S/C11H15NO/c1-7(2)10-6-8(3)4-5-9(10)11(12)13/h4-7H,1-3H3,(H2,12,13). The van der Waals surface area contributed by atoms with E-state index >= 15 is 0 Å². The highest BCUT2D eigenvalue weighted by molar-refractivity contribution is 5.94. The maximum absolute atomic E-state index is 11.1. The van der Waals surface area contributed by atoms with Gasteiger partial charge in [0.2, 0.25) is 5.91 Å². The second-order valence-corrected chi connectivity index (χ2v) is 3.61. The molecule has 0 unspecified atom stereocenters. The molecule has 1 aromatic carbocycles. The maximum atomic E-state index is 11.1. The molecule has 0 spiro atoms. The van der Waals surface area contributed by atoms with E-state index in [-0.39, 0.29) is 5.91 Å². The van der Waals surface area contributed by atoms with E-state index in [1.54, 1.807) is 6.07 Å². The number of hydrogen-bond donors (Lipinski definition) is 1. The Morgan fingerprint density at radius 2 is 2.00 bits per heavy atom. The zero-order valence-corrected chi connectivity index (χ0v) is 8.29. The number of rotatable bonds is 2. The average molecular weight is 177 g/mol. The molecule has 0 atom stereocenters. The quantitative estimate of drug-likeness (QED) is 0.739. The Morgan fingerprint density at radius 1 is 1.38 bits per heavy atom. The minimum absolute atomic E-state index is 0.336. The normalized spacial score (nSPS) is 10.5. The molecular weight excluding hydrogens is 162 g/mol. The number of primary amides is 1. The summed E-state index contributed by atoms with van der Waals surface area (Å²) >= 11 is 0. The van der Waals surface area contributed by atoms with Gasteiger partial charge in [0, 0.05) is 5.56 Å². The van der Waals surface area contributed by atoms with Crippen LogP contribution in [0.15, 0.2) is 18.2 Å². The summed E-state index contributed by atoms with van der Waals surface area (Å²) in [6.45, 7) is 6.12. The van der Waals surface area contributed by atoms with Crippen molar-refractivity contribution in [2.24, 2.45) is 5.73 Å². The first-order chi connectivity index (χ1) is 6.02. The van der Waals surface area contributed by atoms with Crippen LogP contribution in [0.1, 0.15) is 41.3 Å². The molecule has 1 aromatic rings. The van der Waals surface area contributed by atoms with E-state index in [0.29, 0.717) is 11.5 Å². The summed E-state index contributed by atoms with van der Waals surface area (Å²) < 4.78 is 0. The van der Waals surface area contributed by atoms with Gasteiger partial charge in [-0.05, 0) is 24.5 Å². The molecule has 1 rings (SSSR count). The number of benzene rings is 1. The average Bonchev–Trinajstić information content (AvgIpc) is 2.03. The molecule has 70 valence electrons. The number of carbonyl (C=O) groups is 1. The SMILES string of the molecule is Cc1ccc(C(N)=O)c(C(C)C)c1. The lowest BCUT2D eigenvalue weighted by atomic mass is 9.95. The van der Waals surface area contributed by atoms with Crippen LogP contribution >= 0.6 is 0 Å². The van der Waals surface area contributed by atoms with Crippen LogP contribution in [-0.4, -0.2) is 5.91 Å². The molecule has 0 aliphatic rings.